The average Bonchev–Trinajstić information content (AvgIpc) is 4.00. The monoisotopic (exact) mass is 901 g/mol. The van der Waals surface area contributed by atoms with E-state index in [0.717, 1.165) is 24.1 Å². The van der Waals surface area contributed by atoms with Crippen molar-refractivity contribution >= 4 is 55.9 Å². The molecule has 5 heterocycles. The Morgan fingerprint density at radius 1 is 1.05 bits per heavy atom. The summed E-state index contributed by atoms with van der Waals surface area (Å²) < 4.78 is 42.3. The number of sulfonamides is 1. The first-order valence-corrected chi connectivity index (χ1v) is 24.2. The number of amides is 4. The number of pyridine rings is 1. The van der Waals surface area contributed by atoms with Crippen molar-refractivity contribution in [3.8, 4) is 22.2 Å². The molecule has 5 atom stereocenters. The van der Waals surface area contributed by atoms with E-state index in [4.69, 9.17) is 19.4 Å². The quantitative estimate of drug-likeness (QED) is 0.167. The molecule has 2 saturated carbocycles. The predicted octanol–water partition coefficient (Wildman–Crippen LogP) is 5.12. The number of nitrogens with zero attached hydrogens (tertiary/aromatic N) is 6. The molecule has 3 aromatic heterocycles. The summed E-state index contributed by atoms with van der Waals surface area (Å²) in [5, 5.41) is 12.9. The van der Waals surface area contributed by atoms with Gasteiger partial charge < -0.3 is 25.0 Å². The second-order valence-corrected chi connectivity index (χ2v) is 20.5. The van der Waals surface area contributed by atoms with E-state index in [1.165, 1.54) is 22.6 Å². The molecule has 63 heavy (non-hydrogen) atoms. The zero-order chi connectivity index (χ0) is 44.8. The summed E-state index contributed by atoms with van der Waals surface area (Å²) >= 11 is 1.47. The van der Waals surface area contributed by atoms with Crippen LogP contribution in [-0.4, -0.2) is 104 Å². The van der Waals surface area contributed by atoms with Gasteiger partial charge in [-0.2, -0.15) is 0 Å². The number of benzene rings is 1. The summed E-state index contributed by atoms with van der Waals surface area (Å²) in [5.74, 6) is -1.78. The van der Waals surface area contributed by atoms with Gasteiger partial charge in [-0.1, -0.05) is 38.8 Å². The minimum Gasteiger partial charge on any atom is -0.496 e. The minimum atomic E-state index is -3.93. The molecule has 19 heteroatoms. The number of allylic oxidation sites excluding steroid dienone is 1. The number of aromatic nitrogens is 5. The second-order valence-electron chi connectivity index (χ2n) is 17.7. The van der Waals surface area contributed by atoms with Gasteiger partial charge in [0.1, 0.15) is 52.3 Å². The van der Waals surface area contributed by atoms with Crippen molar-refractivity contribution in [3.63, 3.8) is 0 Å². The first kappa shape index (κ1) is 44.2. The first-order valence-electron chi connectivity index (χ1n) is 21.8. The maximum absolute atomic E-state index is 14.9. The van der Waals surface area contributed by atoms with Crippen LogP contribution in [0.2, 0.25) is 0 Å². The van der Waals surface area contributed by atoms with Crippen LogP contribution in [0.1, 0.15) is 119 Å². The molecule has 8 rings (SSSR count). The van der Waals surface area contributed by atoms with E-state index in [1.807, 2.05) is 56.5 Å². The molecule has 2 aliphatic carbocycles. The number of thiazole rings is 1. The van der Waals surface area contributed by atoms with Crippen LogP contribution in [0.15, 0.2) is 42.1 Å². The molecule has 4 amide bonds. The van der Waals surface area contributed by atoms with Gasteiger partial charge in [0.05, 0.1) is 30.1 Å². The molecular formula is C44H55N9O8S2. The van der Waals surface area contributed by atoms with Crippen molar-refractivity contribution < 1.29 is 37.1 Å². The highest BCUT2D eigenvalue weighted by atomic mass is 32.2. The van der Waals surface area contributed by atoms with Crippen molar-refractivity contribution in [1.82, 2.24) is 45.0 Å². The molecule has 2 aliphatic heterocycles. The third-order valence-corrected chi connectivity index (χ3v) is 15.1. The number of carbonyl (C=O) groups is 4. The maximum atomic E-state index is 14.9. The normalized spacial score (nSPS) is 24.9. The fourth-order valence-electron chi connectivity index (χ4n) is 8.35. The Labute approximate surface area is 370 Å². The van der Waals surface area contributed by atoms with E-state index in [9.17, 15) is 27.6 Å². The Morgan fingerprint density at radius 3 is 2.54 bits per heavy atom. The molecule has 0 unspecified atom stereocenters. The summed E-state index contributed by atoms with van der Waals surface area (Å²) in [6.07, 6.45) is 8.77. The SMILES string of the molecule is COc1ccc2c(O[C@@H]3C[C@H]4C(=O)N[C@]5(C(=O)NS(=O)(=O)C6CC6)C[C@H]5/C=C\CCCCC[C@H](NC(=O)c5ncn(C(C)C)n5)C(=O)N4C3)cc(-c3nc(C(C)C)cs3)nc2c1C. The number of aryl methyl sites for hydroxylation is 1. The van der Waals surface area contributed by atoms with Crippen LogP contribution in [0.4, 0.5) is 0 Å². The topological polar surface area (TPSA) is 217 Å². The van der Waals surface area contributed by atoms with Gasteiger partial charge in [-0.25, -0.2) is 28.1 Å². The fraction of sp³-hybridized carbons (Fsp3) is 0.545. The highest BCUT2D eigenvalue weighted by Crippen LogP contribution is 2.46. The smallest absolute Gasteiger partial charge is 0.291 e. The van der Waals surface area contributed by atoms with Gasteiger partial charge in [0.15, 0.2) is 0 Å². The van der Waals surface area contributed by atoms with Gasteiger partial charge in [0, 0.05) is 40.8 Å². The Hall–Kier alpha value is -5.43. The van der Waals surface area contributed by atoms with Crippen LogP contribution in [0, 0.1) is 12.8 Å². The predicted molar refractivity (Wildman–Crippen MR) is 236 cm³/mol. The highest BCUT2D eigenvalue weighted by molar-refractivity contribution is 7.91. The number of nitrogens with one attached hydrogen (secondary N) is 3. The van der Waals surface area contributed by atoms with Gasteiger partial charge >= 0.3 is 0 Å². The molecule has 17 nitrogen and oxygen atoms in total. The second kappa shape index (κ2) is 17.6. The summed E-state index contributed by atoms with van der Waals surface area (Å²) in [6, 6.07) is 3.28. The Balaban J connectivity index is 1.15. The van der Waals surface area contributed by atoms with Crippen molar-refractivity contribution in [2.24, 2.45) is 5.92 Å². The van der Waals surface area contributed by atoms with E-state index in [-0.39, 0.29) is 43.6 Å². The molecule has 0 bridgehead atoms. The molecule has 1 saturated heterocycles. The summed E-state index contributed by atoms with van der Waals surface area (Å²) in [7, 11) is -2.33. The van der Waals surface area contributed by atoms with Crippen molar-refractivity contribution in [1.29, 1.82) is 0 Å². The molecule has 3 N–H and O–H groups in total. The van der Waals surface area contributed by atoms with Crippen molar-refractivity contribution in [2.45, 2.75) is 133 Å². The van der Waals surface area contributed by atoms with Crippen LogP contribution in [0.25, 0.3) is 21.6 Å². The van der Waals surface area contributed by atoms with Crippen LogP contribution in [0.3, 0.4) is 0 Å². The van der Waals surface area contributed by atoms with Gasteiger partial charge in [0.2, 0.25) is 27.7 Å². The van der Waals surface area contributed by atoms with E-state index < -0.39 is 68.5 Å². The van der Waals surface area contributed by atoms with Crippen molar-refractivity contribution in [3.05, 3.63) is 59.1 Å². The number of hydrogen-bond acceptors (Lipinski definition) is 13. The van der Waals surface area contributed by atoms with Crippen molar-refractivity contribution in [2.75, 3.05) is 13.7 Å². The van der Waals surface area contributed by atoms with E-state index >= 15 is 0 Å². The maximum Gasteiger partial charge on any atom is 0.291 e. The third kappa shape index (κ3) is 9.17. The molecule has 336 valence electrons. The Bertz CT molecular complexity index is 2570. The molecule has 0 radical (unpaired) electrons. The standard InChI is InChI=1S/C44H55N9O8S2/c1-24(2)33-22-62-41(48-33)32-19-36(30-16-17-35(60-6)26(5)37(30)46-32)61-28-18-34-39(54)49-44(43(57)51-63(58,59)29-14-15-29)20-27(44)12-10-8-7-9-11-13-31(42(56)52(34)21-28)47-40(55)38-45-23-53(50-38)25(3)4/h10,12,16-17,19,22-25,27-29,31,34H,7-9,11,13-15,18,20-21H2,1-6H3,(H,47,55)(H,49,54)(H,51,57)/b12-10-/t27-,28-,31+,34+,44-/m1/s1. The van der Waals surface area contributed by atoms with Crippen LogP contribution in [-0.2, 0) is 24.4 Å². The molecule has 0 spiro atoms. The number of hydrogen-bond donors (Lipinski definition) is 3. The number of rotatable bonds is 11. The Morgan fingerprint density at radius 2 is 1.84 bits per heavy atom. The van der Waals surface area contributed by atoms with Crippen LogP contribution < -0.4 is 24.8 Å². The van der Waals surface area contributed by atoms with Gasteiger partial charge in [-0.05, 0) is 77.3 Å². The highest BCUT2D eigenvalue weighted by Gasteiger charge is 2.62. The van der Waals surface area contributed by atoms with E-state index in [0.29, 0.717) is 58.8 Å². The number of ether oxygens (including phenoxy) is 2. The van der Waals surface area contributed by atoms with Gasteiger partial charge in [0.25, 0.3) is 11.8 Å². The molecule has 4 aliphatic rings. The molecule has 1 aromatic carbocycles. The van der Waals surface area contributed by atoms with Crippen LogP contribution in [0.5, 0.6) is 11.5 Å². The first-order chi connectivity index (χ1) is 30.1. The van der Waals surface area contributed by atoms with E-state index in [1.54, 1.807) is 11.8 Å². The average molecular weight is 902 g/mol. The zero-order valence-corrected chi connectivity index (χ0v) is 38.1. The summed E-state index contributed by atoms with van der Waals surface area (Å²) in [6.45, 7) is 9.84. The Kier molecular flexibility index (Phi) is 12.4. The number of carbonyl (C=O) groups excluding carboxylic acids is 4. The lowest BCUT2D eigenvalue weighted by Gasteiger charge is -2.29. The van der Waals surface area contributed by atoms with E-state index in [2.05, 4.69) is 39.3 Å². The molecule has 3 fully saturated rings. The lowest BCUT2D eigenvalue weighted by Crippen LogP contribution is -2.58. The molecular weight excluding hydrogens is 847 g/mol. The summed E-state index contributed by atoms with van der Waals surface area (Å²) in [4.78, 5) is 72.7. The zero-order valence-electron chi connectivity index (χ0n) is 36.4. The third-order valence-electron chi connectivity index (χ3n) is 12.4. The van der Waals surface area contributed by atoms with Crippen LogP contribution >= 0.6 is 11.3 Å². The lowest BCUT2D eigenvalue weighted by atomic mass is 10.0. The lowest BCUT2D eigenvalue weighted by molar-refractivity contribution is -0.141. The fourth-order valence-corrected chi connectivity index (χ4v) is 10.7. The van der Waals surface area contributed by atoms with Gasteiger partial charge in [-0.15, -0.1) is 16.4 Å². The molecule has 4 aromatic rings. The summed E-state index contributed by atoms with van der Waals surface area (Å²) in [5.41, 5.74) is 1.42. The minimum absolute atomic E-state index is 0.0280. The number of methoxy groups -OCH3 is 1. The number of fused-ring (bicyclic) bond motifs is 3. The van der Waals surface area contributed by atoms with Gasteiger partial charge in [-0.3, -0.25) is 23.9 Å². The largest absolute Gasteiger partial charge is 0.496 e.